The predicted molar refractivity (Wildman–Crippen MR) is 89.8 cm³/mol. The lowest BCUT2D eigenvalue weighted by atomic mass is 10.1. The van der Waals surface area contributed by atoms with Gasteiger partial charge in [-0.25, -0.2) is 0 Å². The Bertz CT molecular complexity index is 534. The maximum atomic E-state index is 8.93. The first-order valence-corrected chi connectivity index (χ1v) is 7.80. The minimum absolute atomic E-state index is 0.140. The number of aliphatic hydroxyl groups is 2. The van der Waals surface area contributed by atoms with E-state index in [0.29, 0.717) is 24.3 Å². The molecule has 0 amide bonds. The van der Waals surface area contributed by atoms with Crippen molar-refractivity contribution in [3.8, 4) is 11.5 Å². The summed E-state index contributed by atoms with van der Waals surface area (Å²) in [6, 6.07) is 15.2. The first-order valence-electron chi connectivity index (χ1n) is 7.80. The lowest BCUT2D eigenvalue weighted by Crippen LogP contribution is -2.35. The van der Waals surface area contributed by atoms with Crippen molar-refractivity contribution in [1.29, 1.82) is 0 Å². The van der Waals surface area contributed by atoms with E-state index in [9.17, 15) is 0 Å². The third kappa shape index (κ3) is 5.58. The van der Waals surface area contributed by atoms with Crippen molar-refractivity contribution in [3.05, 3.63) is 59.7 Å². The molecule has 0 spiro atoms. The largest absolute Gasteiger partial charge is 0.453 e. The van der Waals surface area contributed by atoms with E-state index in [0.717, 1.165) is 11.1 Å². The van der Waals surface area contributed by atoms with Crippen LogP contribution in [0.25, 0.3) is 0 Å². The van der Waals surface area contributed by atoms with Crippen LogP contribution >= 0.6 is 0 Å². The molecule has 0 aliphatic rings. The van der Waals surface area contributed by atoms with Gasteiger partial charge in [0.05, 0.1) is 0 Å². The second-order valence-electron chi connectivity index (χ2n) is 5.84. The summed E-state index contributed by atoms with van der Waals surface area (Å²) in [6.45, 7) is 3.99. The van der Waals surface area contributed by atoms with Crippen molar-refractivity contribution in [2.24, 2.45) is 0 Å². The molecule has 2 aromatic carbocycles. The van der Waals surface area contributed by atoms with Crippen molar-refractivity contribution >= 4 is 0 Å². The highest BCUT2D eigenvalue weighted by Gasteiger charge is 2.21. The maximum absolute atomic E-state index is 8.93. The summed E-state index contributed by atoms with van der Waals surface area (Å²) in [7, 11) is 0. The molecule has 0 aromatic heterocycles. The van der Waals surface area contributed by atoms with Crippen molar-refractivity contribution in [1.82, 2.24) is 0 Å². The van der Waals surface area contributed by atoms with E-state index in [2.05, 4.69) is 0 Å². The molecule has 0 fully saturated rings. The fourth-order valence-electron chi connectivity index (χ4n) is 2.29. The highest BCUT2D eigenvalue weighted by atomic mass is 16.7. The average molecular weight is 316 g/mol. The van der Waals surface area contributed by atoms with Gasteiger partial charge in [-0.05, 0) is 48.2 Å². The molecule has 0 saturated heterocycles. The molecule has 124 valence electrons. The zero-order valence-corrected chi connectivity index (χ0v) is 13.7. The van der Waals surface area contributed by atoms with Crippen molar-refractivity contribution in [3.63, 3.8) is 0 Å². The van der Waals surface area contributed by atoms with Gasteiger partial charge in [0.1, 0.15) is 11.5 Å². The fourth-order valence-corrected chi connectivity index (χ4v) is 2.29. The van der Waals surface area contributed by atoms with E-state index in [1.54, 1.807) is 0 Å². The van der Waals surface area contributed by atoms with Crippen molar-refractivity contribution < 1.29 is 19.7 Å². The summed E-state index contributed by atoms with van der Waals surface area (Å²) >= 11 is 0. The minimum atomic E-state index is -0.809. The van der Waals surface area contributed by atoms with Gasteiger partial charge in [0.15, 0.2) is 0 Å². The Morgan fingerprint density at radius 2 is 1.04 bits per heavy atom. The summed E-state index contributed by atoms with van der Waals surface area (Å²) in [5.74, 6) is 0.624. The molecule has 0 bridgehead atoms. The van der Waals surface area contributed by atoms with Gasteiger partial charge in [-0.2, -0.15) is 0 Å². The summed E-state index contributed by atoms with van der Waals surface area (Å²) < 4.78 is 11.8. The molecule has 2 aromatic rings. The van der Waals surface area contributed by atoms with Gasteiger partial charge in [0.2, 0.25) is 5.79 Å². The Balaban J connectivity index is 1.97. The van der Waals surface area contributed by atoms with Gasteiger partial charge in [-0.15, -0.1) is 0 Å². The molecule has 0 radical (unpaired) electrons. The van der Waals surface area contributed by atoms with Crippen LogP contribution < -0.4 is 9.47 Å². The Labute approximate surface area is 137 Å². The number of hydrogen-bond donors (Lipinski definition) is 2. The van der Waals surface area contributed by atoms with Crippen LogP contribution in [0, 0.1) is 0 Å². The molecule has 0 aliphatic carbocycles. The number of benzene rings is 2. The van der Waals surface area contributed by atoms with Crippen LogP contribution in [-0.4, -0.2) is 29.2 Å². The van der Waals surface area contributed by atoms with Crippen molar-refractivity contribution in [2.45, 2.75) is 32.5 Å². The van der Waals surface area contributed by atoms with Gasteiger partial charge in [-0.3, -0.25) is 0 Å². The Morgan fingerprint density at radius 3 is 1.35 bits per heavy atom. The van der Waals surface area contributed by atoms with Gasteiger partial charge >= 0.3 is 0 Å². The quantitative estimate of drug-likeness (QED) is 0.735. The third-order valence-corrected chi connectivity index (χ3v) is 3.37. The van der Waals surface area contributed by atoms with Crippen LogP contribution in [0.5, 0.6) is 11.5 Å². The Kier molecular flexibility index (Phi) is 6.02. The van der Waals surface area contributed by atoms with Gasteiger partial charge in [0, 0.05) is 27.1 Å². The van der Waals surface area contributed by atoms with Crippen LogP contribution in [0.1, 0.15) is 25.0 Å². The van der Waals surface area contributed by atoms with E-state index in [-0.39, 0.29) is 13.2 Å². The molecule has 23 heavy (non-hydrogen) atoms. The van der Waals surface area contributed by atoms with Gasteiger partial charge in [-0.1, -0.05) is 24.3 Å². The summed E-state index contributed by atoms with van der Waals surface area (Å²) in [5.41, 5.74) is 2.14. The summed E-state index contributed by atoms with van der Waals surface area (Å²) in [4.78, 5) is 0. The molecule has 2 N–H and O–H groups in total. The Morgan fingerprint density at radius 1 is 0.696 bits per heavy atom. The van der Waals surface area contributed by atoms with E-state index in [1.807, 2.05) is 62.4 Å². The molecule has 0 saturated carbocycles. The topological polar surface area (TPSA) is 58.9 Å². The summed E-state index contributed by atoms with van der Waals surface area (Å²) in [5, 5.41) is 17.9. The molecule has 2 rings (SSSR count). The normalized spacial score (nSPS) is 11.3. The molecule has 4 heteroatoms. The standard InChI is InChI=1S/C19H24O4/c1-19(2,22-17-7-3-15(4-8-17)11-13-20)23-18-9-5-16(6-10-18)12-14-21/h3-10,20-21H,11-14H2,1-2H3. The smallest absolute Gasteiger partial charge is 0.245 e. The number of hydrogen-bond acceptors (Lipinski definition) is 4. The minimum Gasteiger partial charge on any atom is -0.453 e. The van der Waals surface area contributed by atoms with Gasteiger partial charge in [0.25, 0.3) is 0 Å². The van der Waals surface area contributed by atoms with E-state index < -0.39 is 5.79 Å². The molecule has 0 atom stereocenters. The number of ether oxygens (including phenoxy) is 2. The summed E-state index contributed by atoms with van der Waals surface area (Å²) in [6.07, 6.45) is 1.28. The van der Waals surface area contributed by atoms with Gasteiger partial charge < -0.3 is 19.7 Å². The van der Waals surface area contributed by atoms with Crippen molar-refractivity contribution in [2.75, 3.05) is 13.2 Å². The lowest BCUT2D eigenvalue weighted by Gasteiger charge is -2.27. The highest BCUT2D eigenvalue weighted by molar-refractivity contribution is 5.29. The molecule has 0 aliphatic heterocycles. The van der Waals surface area contributed by atoms with Crippen LogP contribution in [0.15, 0.2) is 48.5 Å². The van der Waals surface area contributed by atoms with E-state index in [4.69, 9.17) is 19.7 Å². The second-order valence-corrected chi connectivity index (χ2v) is 5.84. The first kappa shape index (κ1) is 17.3. The van der Waals surface area contributed by atoms with E-state index in [1.165, 1.54) is 0 Å². The van der Waals surface area contributed by atoms with Crippen LogP contribution in [0.3, 0.4) is 0 Å². The average Bonchev–Trinajstić information content (AvgIpc) is 2.51. The second kappa shape index (κ2) is 7.99. The number of rotatable bonds is 8. The molecule has 4 nitrogen and oxygen atoms in total. The third-order valence-electron chi connectivity index (χ3n) is 3.37. The lowest BCUT2D eigenvalue weighted by molar-refractivity contribution is -0.0809. The van der Waals surface area contributed by atoms with Crippen LogP contribution in [0.4, 0.5) is 0 Å². The predicted octanol–water partition coefficient (Wildman–Crippen LogP) is 2.95. The van der Waals surface area contributed by atoms with Crippen LogP contribution in [-0.2, 0) is 12.8 Å². The highest BCUT2D eigenvalue weighted by Crippen LogP contribution is 2.23. The van der Waals surface area contributed by atoms with E-state index >= 15 is 0 Å². The maximum Gasteiger partial charge on any atom is 0.245 e. The van der Waals surface area contributed by atoms with Crippen LogP contribution in [0.2, 0.25) is 0 Å². The molecule has 0 unspecified atom stereocenters. The fraction of sp³-hybridized carbons (Fsp3) is 0.368. The SMILES string of the molecule is CC(C)(Oc1ccc(CCO)cc1)Oc1ccc(CCO)cc1. The Hall–Kier alpha value is -2.04. The first-order chi connectivity index (χ1) is 11.0. The number of aliphatic hydroxyl groups excluding tert-OH is 2. The molecule has 0 heterocycles. The monoisotopic (exact) mass is 316 g/mol. The zero-order chi connectivity index (χ0) is 16.7. The molecular weight excluding hydrogens is 292 g/mol. The molecular formula is C19H24O4. The zero-order valence-electron chi connectivity index (χ0n) is 13.7.